The molecule has 3 N–H and O–H groups in total. The molecule has 0 aliphatic carbocycles. The number of aromatic nitrogens is 1. The van der Waals surface area contributed by atoms with Gasteiger partial charge < -0.3 is 19.5 Å². The fourth-order valence-corrected chi connectivity index (χ4v) is 5.38. The van der Waals surface area contributed by atoms with Crippen LogP contribution in [0.15, 0.2) is 77.8 Å². The van der Waals surface area contributed by atoms with Gasteiger partial charge in [0.15, 0.2) is 0 Å². The second-order valence-electron chi connectivity index (χ2n) is 8.85. The predicted octanol–water partition coefficient (Wildman–Crippen LogP) is 3.90. The number of nitrogens with zero attached hydrogens (tertiary/aromatic N) is 1. The van der Waals surface area contributed by atoms with Crippen molar-refractivity contribution >= 4 is 32.9 Å². The summed E-state index contributed by atoms with van der Waals surface area (Å²) in [5.74, 6) is 2.80. The number of halogens is 1. The predicted molar refractivity (Wildman–Crippen MR) is 145 cm³/mol. The van der Waals surface area contributed by atoms with Crippen molar-refractivity contribution in [1.82, 2.24) is 9.29 Å². The zero-order chi connectivity index (χ0) is 28.9. The van der Waals surface area contributed by atoms with E-state index in [1.807, 2.05) is 0 Å². The molecule has 4 aromatic rings. The van der Waals surface area contributed by atoms with E-state index in [1.54, 1.807) is 35.9 Å². The number of carboxylic acid groups (broad SMARTS) is 2. The highest BCUT2D eigenvalue weighted by Crippen LogP contribution is 2.26. The number of hydrogen-bond donors (Lipinski definition) is 3. The van der Waals surface area contributed by atoms with E-state index in [2.05, 4.69) is 16.6 Å². The summed E-state index contributed by atoms with van der Waals surface area (Å²) in [7, 11) is -4.24. The minimum absolute atomic E-state index is 0.0167. The van der Waals surface area contributed by atoms with Gasteiger partial charge in [0.25, 0.3) is 0 Å². The number of hydrogen-bond acceptors (Lipinski definition) is 5. The van der Waals surface area contributed by atoms with Crippen LogP contribution in [0.4, 0.5) is 4.39 Å². The molecule has 0 amide bonds. The monoisotopic (exact) mass is 564 g/mol. The topological polar surface area (TPSA) is 135 Å². The van der Waals surface area contributed by atoms with E-state index >= 15 is 0 Å². The lowest BCUT2D eigenvalue weighted by molar-refractivity contribution is -0.138. The van der Waals surface area contributed by atoms with Gasteiger partial charge in [0.05, 0.1) is 10.5 Å². The Morgan fingerprint density at radius 1 is 1.07 bits per heavy atom. The SMILES string of the molecule is CC#CCOc1ccc(S(=O)(=O)N[C@@H](Cc2cn(Cc3cccc(F)c3)c3ccc(C(=O)O)cc23)C(=O)O)cc1. The van der Waals surface area contributed by atoms with Gasteiger partial charge >= 0.3 is 11.9 Å². The average molecular weight is 565 g/mol. The Balaban J connectivity index is 1.64. The van der Waals surface area contributed by atoms with Gasteiger partial charge in [-0.1, -0.05) is 18.1 Å². The molecule has 0 fully saturated rings. The maximum atomic E-state index is 13.8. The van der Waals surface area contributed by atoms with E-state index in [0.717, 1.165) is 0 Å². The van der Waals surface area contributed by atoms with E-state index in [9.17, 15) is 32.6 Å². The van der Waals surface area contributed by atoms with Crippen LogP contribution in [-0.4, -0.2) is 47.8 Å². The van der Waals surface area contributed by atoms with Gasteiger partial charge in [-0.3, -0.25) is 4.79 Å². The van der Waals surface area contributed by atoms with Crippen LogP contribution in [0.2, 0.25) is 0 Å². The smallest absolute Gasteiger partial charge is 0.335 e. The van der Waals surface area contributed by atoms with Crippen LogP contribution in [-0.2, 0) is 27.8 Å². The summed E-state index contributed by atoms with van der Waals surface area (Å²) >= 11 is 0. The molecule has 0 aliphatic rings. The van der Waals surface area contributed by atoms with Crippen LogP contribution in [0.3, 0.4) is 0 Å². The molecule has 206 valence electrons. The second kappa shape index (κ2) is 12.0. The molecule has 1 heterocycles. The Bertz CT molecular complexity index is 1740. The number of ether oxygens (including phenoxy) is 1. The fraction of sp³-hybridized carbons (Fsp3) is 0.172. The fourth-order valence-electron chi connectivity index (χ4n) is 4.19. The molecule has 11 heteroatoms. The van der Waals surface area contributed by atoms with Crippen LogP contribution >= 0.6 is 0 Å². The largest absolute Gasteiger partial charge is 0.481 e. The molecular formula is C29H25FN2O7S. The lowest BCUT2D eigenvalue weighted by Gasteiger charge is -2.15. The van der Waals surface area contributed by atoms with Crippen molar-refractivity contribution in [3.8, 4) is 17.6 Å². The normalized spacial score (nSPS) is 11.9. The number of aromatic carboxylic acids is 1. The number of nitrogens with one attached hydrogen (secondary N) is 1. The molecule has 9 nitrogen and oxygen atoms in total. The molecule has 0 radical (unpaired) electrons. The highest BCUT2D eigenvalue weighted by Gasteiger charge is 2.27. The van der Waals surface area contributed by atoms with Crippen molar-refractivity contribution in [3.05, 3.63) is 95.4 Å². The molecule has 0 spiro atoms. The number of carboxylic acids is 2. The van der Waals surface area contributed by atoms with Gasteiger partial charge in [-0.25, -0.2) is 17.6 Å². The van der Waals surface area contributed by atoms with E-state index in [-0.39, 0.29) is 30.0 Å². The van der Waals surface area contributed by atoms with Gasteiger partial charge in [0.1, 0.15) is 24.2 Å². The number of benzene rings is 3. The Hall–Kier alpha value is -4.66. The van der Waals surface area contributed by atoms with Crippen molar-refractivity contribution in [3.63, 3.8) is 0 Å². The third-order valence-corrected chi connectivity index (χ3v) is 7.58. The summed E-state index contributed by atoms with van der Waals surface area (Å²) in [5, 5.41) is 19.8. The molecule has 3 aromatic carbocycles. The van der Waals surface area contributed by atoms with Crippen LogP contribution in [0.5, 0.6) is 5.75 Å². The zero-order valence-electron chi connectivity index (χ0n) is 21.3. The quantitative estimate of drug-likeness (QED) is 0.235. The van der Waals surface area contributed by atoms with Crippen molar-refractivity contribution in [2.45, 2.75) is 30.8 Å². The number of rotatable bonds is 11. The number of carbonyl (C=O) groups is 2. The van der Waals surface area contributed by atoms with Crippen LogP contribution in [0.25, 0.3) is 10.9 Å². The molecule has 1 atom stereocenters. The average Bonchev–Trinajstić information content (AvgIpc) is 3.24. The Morgan fingerprint density at radius 3 is 2.48 bits per heavy atom. The van der Waals surface area contributed by atoms with E-state index < -0.39 is 33.8 Å². The molecule has 0 saturated heterocycles. The molecule has 1 aromatic heterocycles. The first-order valence-corrected chi connectivity index (χ1v) is 13.5. The lowest BCUT2D eigenvalue weighted by Crippen LogP contribution is -2.42. The first-order chi connectivity index (χ1) is 19.1. The third-order valence-electron chi connectivity index (χ3n) is 6.09. The molecule has 0 bridgehead atoms. The van der Waals surface area contributed by atoms with Gasteiger partial charge in [0.2, 0.25) is 10.0 Å². The summed E-state index contributed by atoms with van der Waals surface area (Å²) in [4.78, 5) is 23.6. The first-order valence-electron chi connectivity index (χ1n) is 12.0. The highest BCUT2D eigenvalue weighted by atomic mass is 32.2. The number of fused-ring (bicyclic) bond motifs is 1. The minimum Gasteiger partial charge on any atom is -0.481 e. The second-order valence-corrected chi connectivity index (χ2v) is 10.6. The summed E-state index contributed by atoms with van der Waals surface area (Å²) in [6.07, 6.45) is 1.35. The van der Waals surface area contributed by atoms with E-state index in [1.165, 1.54) is 48.5 Å². The zero-order valence-corrected chi connectivity index (χ0v) is 22.1. The van der Waals surface area contributed by atoms with Crippen LogP contribution in [0.1, 0.15) is 28.4 Å². The van der Waals surface area contributed by atoms with Crippen molar-refractivity contribution < 1.29 is 37.3 Å². The molecular weight excluding hydrogens is 539 g/mol. The summed E-state index contributed by atoms with van der Waals surface area (Å²) in [6.45, 7) is 2.03. The summed E-state index contributed by atoms with van der Waals surface area (Å²) in [6, 6.07) is 14.3. The highest BCUT2D eigenvalue weighted by molar-refractivity contribution is 7.89. The van der Waals surface area contributed by atoms with Crippen LogP contribution < -0.4 is 9.46 Å². The molecule has 0 saturated carbocycles. The van der Waals surface area contributed by atoms with Crippen molar-refractivity contribution in [1.29, 1.82) is 0 Å². The summed E-state index contributed by atoms with van der Waals surface area (Å²) in [5.41, 5.74) is 1.61. The summed E-state index contributed by atoms with van der Waals surface area (Å²) < 4.78 is 49.2. The number of aliphatic carboxylic acids is 1. The van der Waals surface area contributed by atoms with E-state index in [4.69, 9.17) is 4.74 Å². The van der Waals surface area contributed by atoms with Gasteiger partial charge in [-0.15, -0.1) is 5.92 Å². The van der Waals surface area contributed by atoms with Crippen LogP contribution in [0, 0.1) is 17.7 Å². The molecule has 40 heavy (non-hydrogen) atoms. The maximum Gasteiger partial charge on any atom is 0.335 e. The minimum atomic E-state index is -4.24. The van der Waals surface area contributed by atoms with Crippen molar-refractivity contribution in [2.24, 2.45) is 0 Å². The first kappa shape index (κ1) is 28.4. The Morgan fingerprint density at radius 2 is 1.82 bits per heavy atom. The lowest BCUT2D eigenvalue weighted by atomic mass is 10.0. The van der Waals surface area contributed by atoms with Crippen molar-refractivity contribution in [2.75, 3.05) is 6.61 Å². The third kappa shape index (κ3) is 6.66. The van der Waals surface area contributed by atoms with E-state index in [0.29, 0.717) is 27.8 Å². The molecule has 4 rings (SSSR count). The molecule has 0 unspecified atom stereocenters. The molecule has 0 aliphatic heterocycles. The Labute approximate surface area is 229 Å². The van der Waals surface area contributed by atoms with Gasteiger partial charge in [-0.05, 0) is 72.6 Å². The van der Waals surface area contributed by atoms with Gasteiger partial charge in [-0.2, -0.15) is 4.72 Å². The van der Waals surface area contributed by atoms with Gasteiger partial charge in [0, 0.05) is 30.1 Å². The standard InChI is InChI=1S/C29H25FN2O7S/c1-2-3-13-39-23-8-10-24(11-9-23)40(37,38)31-26(29(35)36)16-21-18-32(17-19-5-4-6-22(30)14-19)27-12-7-20(28(33)34)15-25(21)27/h4-12,14-15,18,26,31H,13,16-17H2,1H3,(H,33,34)(H,35,36)/t26-/m0/s1. The number of sulfonamides is 1. The maximum absolute atomic E-state index is 13.8. The Kier molecular flexibility index (Phi) is 8.52.